The summed E-state index contributed by atoms with van der Waals surface area (Å²) in [5.74, 6) is 0.845. The van der Waals surface area contributed by atoms with E-state index in [1.165, 1.54) is 29.0 Å². The molecular weight excluding hydrogens is 306 g/mol. The van der Waals surface area contributed by atoms with Crippen LogP contribution in [0.4, 0.5) is 0 Å². The highest BCUT2D eigenvalue weighted by Crippen LogP contribution is 2.41. The first-order valence-electron chi connectivity index (χ1n) is 8.57. The second-order valence-electron chi connectivity index (χ2n) is 7.30. The number of hydrogen-bond donors (Lipinski definition) is 2. The molecule has 4 rings (SSSR count). The molecule has 4 N–H and O–H groups in total. The van der Waals surface area contributed by atoms with E-state index in [0.29, 0.717) is 6.04 Å². The molecule has 6 heteroatoms. The molecule has 2 aromatic rings. The van der Waals surface area contributed by atoms with E-state index in [0.717, 1.165) is 43.0 Å². The summed E-state index contributed by atoms with van der Waals surface area (Å²) >= 11 is 1.74. The fourth-order valence-electron chi connectivity index (χ4n) is 3.50. The number of aryl methyl sites for hydroxylation is 1. The fourth-order valence-corrected chi connectivity index (χ4v) is 4.61. The Morgan fingerprint density at radius 3 is 2.70 bits per heavy atom. The van der Waals surface area contributed by atoms with Crippen LogP contribution in [0.2, 0.25) is 0 Å². The zero-order valence-electron chi connectivity index (χ0n) is 13.7. The minimum Gasteiger partial charge on any atom is -0.328 e. The van der Waals surface area contributed by atoms with Gasteiger partial charge in [0.15, 0.2) is 0 Å². The van der Waals surface area contributed by atoms with Crippen molar-refractivity contribution in [3.63, 3.8) is 0 Å². The van der Waals surface area contributed by atoms with Crippen molar-refractivity contribution < 1.29 is 0 Å². The Labute approximate surface area is 141 Å². The van der Waals surface area contributed by atoms with Gasteiger partial charge in [-0.25, -0.2) is 4.98 Å². The highest BCUT2D eigenvalue weighted by atomic mass is 32.1. The smallest absolute Gasteiger partial charge is 0.113 e. The Bertz CT molecular complexity index is 692. The van der Waals surface area contributed by atoms with Crippen LogP contribution in [0, 0.1) is 5.92 Å². The summed E-state index contributed by atoms with van der Waals surface area (Å²) in [7, 11) is 2.04. The molecule has 0 aliphatic heterocycles. The number of hydrogen-bond acceptors (Lipinski definition) is 5. The first-order chi connectivity index (χ1) is 11.0. The minimum absolute atomic E-state index is 0.294. The van der Waals surface area contributed by atoms with Gasteiger partial charge in [0.2, 0.25) is 0 Å². The molecular formula is C17H25N5S. The molecule has 0 aromatic carbocycles. The third-order valence-corrected chi connectivity index (χ3v) is 6.61. The van der Waals surface area contributed by atoms with Gasteiger partial charge in [-0.15, -0.1) is 11.3 Å². The van der Waals surface area contributed by atoms with Crippen molar-refractivity contribution in [1.82, 2.24) is 14.8 Å². The van der Waals surface area contributed by atoms with Crippen LogP contribution in [0.15, 0.2) is 12.4 Å². The molecule has 2 heterocycles. The maximum atomic E-state index is 6.64. The van der Waals surface area contributed by atoms with E-state index in [-0.39, 0.29) is 5.54 Å². The average molecular weight is 331 g/mol. The van der Waals surface area contributed by atoms with Crippen molar-refractivity contribution >= 4 is 11.3 Å². The lowest BCUT2D eigenvalue weighted by Crippen LogP contribution is -2.43. The van der Waals surface area contributed by atoms with Crippen LogP contribution in [0.3, 0.4) is 0 Å². The SMILES string of the molecule is Cn1ncc(-c2cnc(C3(N)CCC(N)CC3)s2)c1CC1CC1. The second-order valence-corrected chi connectivity index (χ2v) is 8.33. The molecule has 0 atom stereocenters. The third kappa shape index (κ3) is 2.95. The summed E-state index contributed by atoms with van der Waals surface area (Å²) in [5.41, 5.74) is 14.9. The quantitative estimate of drug-likeness (QED) is 0.902. The van der Waals surface area contributed by atoms with Gasteiger partial charge in [0, 0.05) is 30.5 Å². The molecule has 0 unspecified atom stereocenters. The van der Waals surface area contributed by atoms with E-state index in [9.17, 15) is 0 Å². The summed E-state index contributed by atoms with van der Waals surface area (Å²) in [5, 5.41) is 5.53. The van der Waals surface area contributed by atoms with Crippen molar-refractivity contribution in [2.24, 2.45) is 24.4 Å². The van der Waals surface area contributed by atoms with E-state index >= 15 is 0 Å². The Morgan fingerprint density at radius 2 is 2.00 bits per heavy atom. The van der Waals surface area contributed by atoms with E-state index in [1.54, 1.807) is 11.3 Å². The van der Waals surface area contributed by atoms with Gasteiger partial charge in [0.25, 0.3) is 0 Å². The molecule has 5 nitrogen and oxygen atoms in total. The van der Waals surface area contributed by atoms with Crippen LogP contribution in [0.5, 0.6) is 0 Å². The molecule has 2 saturated carbocycles. The highest BCUT2D eigenvalue weighted by molar-refractivity contribution is 7.15. The molecule has 2 aliphatic carbocycles. The lowest BCUT2D eigenvalue weighted by Gasteiger charge is -2.34. The van der Waals surface area contributed by atoms with Crippen molar-refractivity contribution in [2.45, 2.75) is 56.5 Å². The zero-order chi connectivity index (χ0) is 16.0. The third-order valence-electron chi connectivity index (χ3n) is 5.36. The minimum atomic E-state index is -0.294. The highest BCUT2D eigenvalue weighted by Gasteiger charge is 2.35. The predicted octanol–water partition coefficient (Wildman–Crippen LogP) is 2.55. The van der Waals surface area contributed by atoms with Crippen molar-refractivity contribution in [3.8, 4) is 10.4 Å². The Balaban J connectivity index is 1.61. The van der Waals surface area contributed by atoms with Gasteiger partial charge in [0.05, 0.1) is 16.6 Å². The van der Waals surface area contributed by atoms with Crippen molar-refractivity contribution in [3.05, 3.63) is 23.1 Å². The fraction of sp³-hybridized carbons (Fsp3) is 0.647. The molecule has 0 bridgehead atoms. The lowest BCUT2D eigenvalue weighted by molar-refractivity contribution is 0.277. The number of rotatable bonds is 4. The number of thiazole rings is 1. The average Bonchev–Trinajstić information content (AvgIpc) is 3.08. The topological polar surface area (TPSA) is 82.8 Å². The number of aromatic nitrogens is 3. The zero-order valence-corrected chi connectivity index (χ0v) is 14.5. The Morgan fingerprint density at radius 1 is 1.26 bits per heavy atom. The van der Waals surface area contributed by atoms with E-state index < -0.39 is 0 Å². The number of nitrogens with two attached hydrogens (primary N) is 2. The van der Waals surface area contributed by atoms with E-state index in [2.05, 4.69) is 10.1 Å². The molecule has 2 aliphatic rings. The maximum Gasteiger partial charge on any atom is 0.113 e. The Kier molecular flexibility index (Phi) is 3.78. The molecule has 124 valence electrons. The van der Waals surface area contributed by atoms with Crippen LogP contribution >= 0.6 is 11.3 Å². The summed E-state index contributed by atoms with van der Waals surface area (Å²) < 4.78 is 2.02. The predicted molar refractivity (Wildman–Crippen MR) is 93.1 cm³/mol. The van der Waals surface area contributed by atoms with E-state index in [4.69, 9.17) is 11.5 Å². The van der Waals surface area contributed by atoms with Crippen LogP contribution < -0.4 is 11.5 Å². The summed E-state index contributed by atoms with van der Waals surface area (Å²) in [6.45, 7) is 0. The van der Waals surface area contributed by atoms with Gasteiger partial charge in [-0.1, -0.05) is 0 Å². The number of nitrogens with zero attached hydrogens (tertiary/aromatic N) is 3. The molecule has 0 radical (unpaired) electrons. The summed E-state index contributed by atoms with van der Waals surface area (Å²) in [6, 6.07) is 0.301. The van der Waals surface area contributed by atoms with Gasteiger partial charge in [-0.3, -0.25) is 4.68 Å². The molecule has 23 heavy (non-hydrogen) atoms. The lowest BCUT2D eigenvalue weighted by atomic mass is 9.81. The largest absolute Gasteiger partial charge is 0.328 e. The standard InChI is InChI=1S/C17H25N5S/c1-22-14(8-11-2-3-11)13(9-21-22)15-10-20-16(23-15)17(19)6-4-12(18)5-7-17/h9-12H,2-8,18-19H2,1H3. The Hall–Kier alpha value is -1.24. The molecule has 2 aromatic heterocycles. The van der Waals surface area contributed by atoms with Gasteiger partial charge in [-0.05, 0) is 50.9 Å². The van der Waals surface area contributed by atoms with Crippen LogP contribution in [0.25, 0.3) is 10.4 Å². The van der Waals surface area contributed by atoms with Gasteiger partial charge in [-0.2, -0.15) is 5.10 Å². The van der Waals surface area contributed by atoms with Crippen LogP contribution in [0.1, 0.15) is 49.2 Å². The molecule has 0 saturated heterocycles. The molecule has 0 amide bonds. The summed E-state index contributed by atoms with van der Waals surface area (Å²) in [4.78, 5) is 5.87. The van der Waals surface area contributed by atoms with Gasteiger partial charge in [0.1, 0.15) is 5.01 Å². The monoisotopic (exact) mass is 331 g/mol. The van der Waals surface area contributed by atoms with Crippen molar-refractivity contribution in [1.29, 1.82) is 0 Å². The molecule has 2 fully saturated rings. The summed E-state index contributed by atoms with van der Waals surface area (Å²) in [6.07, 6.45) is 11.6. The molecule has 0 spiro atoms. The van der Waals surface area contributed by atoms with E-state index in [1.807, 2.05) is 24.1 Å². The van der Waals surface area contributed by atoms with Gasteiger partial charge < -0.3 is 11.5 Å². The van der Waals surface area contributed by atoms with Crippen LogP contribution in [-0.4, -0.2) is 20.8 Å². The van der Waals surface area contributed by atoms with Crippen molar-refractivity contribution in [2.75, 3.05) is 0 Å². The van der Waals surface area contributed by atoms with Crippen LogP contribution in [-0.2, 0) is 19.0 Å². The first kappa shape index (κ1) is 15.3. The first-order valence-corrected chi connectivity index (χ1v) is 9.39. The maximum absolute atomic E-state index is 6.64. The normalized spacial score (nSPS) is 28.2. The van der Waals surface area contributed by atoms with Gasteiger partial charge >= 0.3 is 0 Å². The second kappa shape index (κ2) is 5.69.